The summed E-state index contributed by atoms with van der Waals surface area (Å²) >= 11 is 0. The van der Waals surface area contributed by atoms with Gasteiger partial charge in [0.25, 0.3) is 0 Å². The van der Waals surface area contributed by atoms with Gasteiger partial charge in [0.15, 0.2) is 0 Å². The molecule has 2 N–H and O–H groups in total. The van der Waals surface area contributed by atoms with Crippen LogP contribution in [0.2, 0.25) is 0 Å². The molecule has 1 aromatic rings. The van der Waals surface area contributed by atoms with E-state index < -0.39 is 21.9 Å². The van der Waals surface area contributed by atoms with Crippen molar-refractivity contribution >= 4 is 16.0 Å². The Morgan fingerprint density at radius 1 is 1.38 bits per heavy atom. The van der Waals surface area contributed by atoms with E-state index in [1.165, 1.54) is 19.2 Å². The van der Waals surface area contributed by atoms with E-state index >= 15 is 0 Å². The highest BCUT2D eigenvalue weighted by molar-refractivity contribution is 7.89. The first kappa shape index (κ1) is 17.5. The lowest BCUT2D eigenvalue weighted by Gasteiger charge is -2.17. The minimum Gasteiger partial charge on any atom is -0.496 e. The van der Waals surface area contributed by atoms with E-state index in [4.69, 9.17) is 9.84 Å². The summed E-state index contributed by atoms with van der Waals surface area (Å²) in [5.74, 6) is -1.35. The molecule has 0 heterocycles. The molecule has 0 saturated carbocycles. The van der Waals surface area contributed by atoms with Crippen LogP contribution in [-0.2, 0) is 14.8 Å². The molecule has 0 aliphatic carbocycles. The van der Waals surface area contributed by atoms with Crippen molar-refractivity contribution < 1.29 is 23.1 Å². The Hall–Kier alpha value is -1.60. The zero-order valence-corrected chi connectivity index (χ0v) is 13.4. The van der Waals surface area contributed by atoms with Gasteiger partial charge in [-0.15, -0.1) is 0 Å². The first-order chi connectivity index (χ1) is 9.69. The van der Waals surface area contributed by atoms with Crippen LogP contribution in [-0.4, -0.2) is 33.1 Å². The van der Waals surface area contributed by atoms with Crippen molar-refractivity contribution in [2.24, 2.45) is 11.8 Å². The van der Waals surface area contributed by atoms with E-state index in [-0.39, 0.29) is 17.4 Å². The molecule has 0 spiro atoms. The smallest absolute Gasteiger partial charge is 0.308 e. The fraction of sp³-hybridized carbons (Fsp3) is 0.500. The highest BCUT2D eigenvalue weighted by Crippen LogP contribution is 2.21. The Morgan fingerprint density at radius 2 is 2.00 bits per heavy atom. The molecule has 0 bridgehead atoms. The molecule has 0 saturated heterocycles. The summed E-state index contributed by atoms with van der Waals surface area (Å²) in [6.07, 6.45) is 0. The zero-order valence-electron chi connectivity index (χ0n) is 12.6. The van der Waals surface area contributed by atoms with Crippen LogP contribution in [0.25, 0.3) is 0 Å². The fourth-order valence-corrected chi connectivity index (χ4v) is 3.05. The highest BCUT2D eigenvalue weighted by atomic mass is 32.2. The maximum absolute atomic E-state index is 12.2. The Kier molecular flexibility index (Phi) is 5.74. The van der Waals surface area contributed by atoms with Crippen molar-refractivity contribution in [3.8, 4) is 5.75 Å². The molecule has 118 valence electrons. The lowest BCUT2D eigenvalue weighted by Crippen LogP contribution is -2.35. The number of hydrogen-bond donors (Lipinski definition) is 2. The number of benzene rings is 1. The van der Waals surface area contributed by atoms with E-state index in [9.17, 15) is 13.2 Å². The van der Waals surface area contributed by atoms with Gasteiger partial charge in [0, 0.05) is 6.54 Å². The van der Waals surface area contributed by atoms with Crippen molar-refractivity contribution in [1.82, 2.24) is 4.72 Å². The van der Waals surface area contributed by atoms with Crippen LogP contribution in [0.5, 0.6) is 5.75 Å². The third-order valence-electron chi connectivity index (χ3n) is 3.29. The summed E-state index contributed by atoms with van der Waals surface area (Å²) in [6.45, 7) is 5.08. The molecule has 1 aromatic carbocycles. The van der Waals surface area contributed by atoms with Gasteiger partial charge in [0.1, 0.15) is 5.75 Å². The molecule has 1 unspecified atom stereocenters. The Bertz CT molecular complexity index is 610. The quantitative estimate of drug-likeness (QED) is 0.798. The lowest BCUT2D eigenvalue weighted by atomic mass is 9.97. The highest BCUT2D eigenvalue weighted by Gasteiger charge is 2.24. The average Bonchev–Trinajstić information content (AvgIpc) is 2.37. The second kappa shape index (κ2) is 6.91. The molecule has 0 amide bonds. The van der Waals surface area contributed by atoms with Crippen molar-refractivity contribution in [3.05, 3.63) is 23.8 Å². The van der Waals surface area contributed by atoms with Crippen LogP contribution in [0.15, 0.2) is 23.1 Å². The number of methoxy groups -OCH3 is 1. The topological polar surface area (TPSA) is 92.7 Å². The lowest BCUT2D eigenvalue weighted by molar-refractivity contribution is -0.142. The van der Waals surface area contributed by atoms with Gasteiger partial charge in [0.05, 0.1) is 17.9 Å². The number of ether oxygens (including phenoxy) is 1. The number of nitrogens with one attached hydrogen (secondary N) is 1. The van der Waals surface area contributed by atoms with E-state index in [0.717, 1.165) is 0 Å². The molecule has 0 aromatic heterocycles. The monoisotopic (exact) mass is 315 g/mol. The third kappa shape index (κ3) is 4.44. The molecule has 0 radical (unpaired) electrons. The van der Waals surface area contributed by atoms with E-state index in [1.807, 2.05) is 0 Å². The largest absolute Gasteiger partial charge is 0.496 e. The minimum absolute atomic E-state index is 0.0914. The number of rotatable bonds is 7. The van der Waals surface area contributed by atoms with Crippen LogP contribution in [0.3, 0.4) is 0 Å². The van der Waals surface area contributed by atoms with E-state index in [2.05, 4.69) is 4.72 Å². The molecule has 1 rings (SSSR count). The number of hydrogen-bond acceptors (Lipinski definition) is 4. The fourth-order valence-electron chi connectivity index (χ4n) is 1.91. The molecule has 1 atom stereocenters. The normalized spacial score (nSPS) is 13.2. The van der Waals surface area contributed by atoms with Crippen LogP contribution in [0.1, 0.15) is 19.4 Å². The summed E-state index contributed by atoms with van der Waals surface area (Å²) in [5, 5.41) is 9.07. The second-order valence-corrected chi connectivity index (χ2v) is 6.94. The number of carbonyl (C=O) groups is 1. The Morgan fingerprint density at radius 3 is 2.43 bits per heavy atom. The molecule has 0 fully saturated rings. The summed E-state index contributed by atoms with van der Waals surface area (Å²) in [7, 11) is -2.23. The maximum Gasteiger partial charge on any atom is 0.308 e. The van der Waals surface area contributed by atoms with Crippen LogP contribution in [0, 0.1) is 18.8 Å². The number of sulfonamides is 1. The van der Waals surface area contributed by atoms with Crippen LogP contribution in [0.4, 0.5) is 0 Å². The van der Waals surface area contributed by atoms with Gasteiger partial charge in [-0.2, -0.15) is 0 Å². The van der Waals surface area contributed by atoms with Gasteiger partial charge in [-0.25, -0.2) is 13.1 Å². The first-order valence-electron chi connectivity index (χ1n) is 6.56. The summed E-state index contributed by atoms with van der Waals surface area (Å²) < 4.78 is 31.8. The molecular weight excluding hydrogens is 294 g/mol. The number of carboxylic acids is 1. The number of aryl methyl sites for hydroxylation is 1. The molecule has 0 aliphatic heterocycles. The van der Waals surface area contributed by atoms with E-state index in [0.29, 0.717) is 11.3 Å². The van der Waals surface area contributed by atoms with Crippen molar-refractivity contribution in [2.75, 3.05) is 13.7 Å². The predicted octanol–water partition coefficient (Wildman–Crippen LogP) is 1.64. The third-order valence-corrected chi connectivity index (χ3v) is 4.71. The van der Waals surface area contributed by atoms with Crippen molar-refractivity contribution in [2.45, 2.75) is 25.7 Å². The van der Waals surface area contributed by atoms with Gasteiger partial charge >= 0.3 is 5.97 Å². The van der Waals surface area contributed by atoms with Gasteiger partial charge < -0.3 is 9.84 Å². The minimum atomic E-state index is -3.74. The van der Waals surface area contributed by atoms with Gasteiger partial charge in [-0.1, -0.05) is 13.8 Å². The second-order valence-electron chi connectivity index (χ2n) is 5.17. The van der Waals surface area contributed by atoms with Gasteiger partial charge in [-0.3, -0.25) is 4.79 Å². The summed E-state index contributed by atoms with van der Waals surface area (Å²) in [5.41, 5.74) is 0.694. The molecule has 21 heavy (non-hydrogen) atoms. The molecule has 6 nitrogen and oxygen atoms in total. The molecule has 7 heteroatoms. The van der Waals surface area contributed by atoms with Crippen molar-refractivity contribution in [1.29, 1.82) is 0 Å². The molecule has 0 aliphatic rings. The van der Waals surface area contributed by atoms with E-state index in [1.54, 1.807) is 26.8 Å². The standard InChI is InChI=1S/C14H21NO5S/c1-9(2)12(14(16)17)8-15-21(18,19)11-5-6-13(20-4)10(3)7-11/h5-7,9,12,15H,8H2,1-4H3,(H,16,17). The number of aliphatic carboxylic acids is 1. The average molecular weight is 315 g/mol. The van der Waals surface area contributed by atoms with Gasteiger partial charge in [0.2, 0.25) is 10.0 Å². The van der Waals surface area contributed by atoms with Crippen molar-refractivity contribution in [3.63, 3.8) is 0 Å². The Balaban J connectivity index is 2.91. The zero-order chi connectivity index (χ0) is 16.2. The van der Waals surface area contributed by atoms with Crippen LogP contribution >= 0.6 is 0 Å². The summed E-state index contributed by atoms with van der Waals surface area (Å²) in [4.78, 5) is 11.2. The number of carboxylic acid groups (broad SMARTS) is 1. The predicted molar refractivity (Wildman–Crippen MR) is 78.9 cm³/mol. The first-order valence-corrected chi connectivity index (χ1v) is 8.04. The molecular formula is C14H21NO5S. The maximum atomic E-state index is 12.2. The van der Waals surface area contributed by atoms with Gasteiger partial charge in [-0.05, 0) is 36.6 Å². The SMILES string of the molecule is COc1ccc(S(=O)(=O)NCC(C(=O)O)C(C)C)cc1C. The summed E-state index contributed by atoms with van der Waals surface area (Å²) in [6, 6.07) is 4.49. The van der Waals surface area contributed by atoms with Crippen LogP contribution < -0.4 is 9.46 Å². The Labute approximate surface area is 125 Å².